The van der Waals surface area contributed by atoms with Crippen molar-refractivity contribution >= 4 is 50.2 Å². The van der Waals surface area contributed by atoms with Gasteiger partial charge in [-0.25, -0.2) is 14.6 Å². The molecule has 0 aliphatic carbocycles. The number of benzene rings is 1. The third-order valence-electron chi connectivity index (χ3n) is 3.10. The van der Waals surface area contributed by atoms with Gasteiger partial charge >= 0.3 is 11.9 Å². The molecule has 0 radical (unpaired) electrons. The molecule has 1 aliphatic heterocycles. The minimum Gasteiger partial charge on any atom is -0.478 e. The van der Waals surface area contributed by atoms with Crippen molar-refractivity contribution in [2.45, 2.75) is 0 Å². The first-order valence-electron chi connectivity index (χ1n) is 7.11. The van der Waals surface area contributed by atoms with Gasteiger partial charge in [-0.2, -0.15) is 0 Å². The van der Waals surface area contributed by atoms with Crippen LogP contribution >= 0.6 is 22.9 Å². The number of piperazine rings is 1. The number of hydrogen-bond acceptors (Lipinski definition) is 6. The molecule has 9 heteroatoms. The minimum atomic E-state index is -1.26. The standard InChI is InChI=1S/C11H12ClN3S.C4H4O4/c12-8-1-2-9-10(7-8)16-11(14-9)15-5-3-13-4-6-15;5-3(6)1-2-4(7)8/h1-2,7,13H,3-6H2;1-2H,(H,5,6)(H,7,8)/b;2-1+. The van der Waals surface area contributed by atoms with Crippen molar-refractivity contribution in [3.8, 4) is 0 Å². The molecule has 128 valence electrons. The first kappa shape index (κ1) is 18.2. The second kappa shape index (κ2) is 8.62. The minimum absolute atomic E-state index is 0.558. The lowest BCUT2D eigenvalue weighted by atomic mass is 10.3. The summed E-state index contributed by atoms with van der Waals surface area (Å²) in [6.07, 6.45) is 1.12. The van der Waals surface area contributed by atoms with Crippen molar-refractivity contribution in [1.29, 1.82) is 0 Å². The summed E-state index contributed by atoms with van der Waals surface area (Å²) in [5.74, 6) is -2.51. The van der Waals surface area contributed by atoms with E-state index in [2.05, 4.69) is 15.2 Å². The Morgan fingerprint density at radius 1 is 1.21 bits per heavy atom. The van der Waals surface area contributed by atoms with E-state index in [0.29, 0.717) is 12.2 Å². The van der Waals surface area contributed by atoms with Crippen molar-refractivity contribution in [3.63, 3.8) is 0 Å². The lowest BCUT2D eigenvalue weighted by Crippen LogP contribution is -2.43. The number of aliphatic carboxylic acids is 2. The van der Waals surface area contributed by atoms with E-state index in [-0.39, 0.29) is 0 Å². The molecule has 2 heterocycles. The van der Waals surface area contributed by atoms with Crippen LogP contribution in [-0.2, 0) is 9.59 Å². The predicted molar refractivity (Wildman–Crippen MR) is 94.1 cm³/mol. The zero-order chi connectivity index (χ0) is 17.5. The first-order chi connectivity index (χ1) is 11.5. The molecule has 1 saturated heterocycles. The van der Waals surface area contributed by atoms with Gasteiger partial charge in [0.15, 0.2) is 5.13 Å². The van der Waals surface area contributed by atoms with Crippen LogP contribution in [0.5, 0.6) is 0 Å². The van der Waals surface area contributed by atoms with Gasteiger partial charge in [0.05, 0.1) is 10.2 Å². The maximum atomic E-state index is 9.55. The van der Waals surface area contributed by atoms with Crippen LogP contribution in [0, 0.1) is 0 Å². The Morgan fingerprint density at radius 2 is 1.83 bits per heavy atom. The van der Waals surface area contributed by atoms with Crippen molar-refractivity contribution in [1.82, 2.24) is 10.3 Å². The van der Waals surface area contributed by atoms with Gasteiger partial charge in [0.2, 0.25) is 0 Å². The fourth-order valence-electron chi connectivity index (χ4n) is 2.02. The summed E-state index contributed by atoms with van der Waals surface area (Å²) in [5.41, 5.74) is 1.04. The molecule has 3 N–H and O–H groups in total. The zero-order valence-electron chi connectivity index (χ0n) is 12.6. The highest BCUT2D eigenvalue weighted by Crippen LogP contribution is 2.30. The quantitative estimate of drug-likeness (QED) is 0.711. The third kappa shape index (κ3) is 5.48. The van der Waals surface area contributed by atoms with E-state index in [9.17, 15) is 9.59 Å². The number of anilines is 1. The van der Waals surface area contributed by atoms with Crippen LogP contribution in [-0.4, -0.2) is 53.3 Å². The van der Waals surface area contributed by atoms with Crippen LogP contribution in [0.3, 0.4) is 0 Å². The summed E-state index contributed by atoms with van der Waals surface area (Å²) in [5, 5.41) is 20.9. The fourth-order valence-corrected chi connectivity index (χ4v) is 3.31. The van der Waals surface area contributed by atoms with Gasteiger partial charge in [-0.15, -0.1) is 0 Å². The van der Waals surface area contributed by atoms with Crippen LogP contribution in [0.15, 0.2) is 30.4 Å². The number of nitrogens with zero attached hydrogens (tertiary/aromatic N) is 2. The Hall–Kier alpha value is -2.16. The Kier molecular flexibility index (Phi) is 6.53. The number of rotatable bonds is 3. The van der Waals surface area contributed by atoms with Gasteiger partial charge in [-0.05, 0) is 18.2 Å². The highest BCUT2D eigenvalue weighted by Gasteiger charge is 2.14. The normalized spacial score (nSPS) is 14.5. The molecule has 0 saturated carbocycles. The molecule has 24 heavy (non-hydrogen) atoms. The molecule has 1 fully saturated rings. The molecular formula is C15H16ClN3O4S. The van der Waals surface area contributed by atoms with Crippen LogP contribution in [0.2, 0.25) is 5.02 Å². The number of halogens is 1. The van der Waals surface area contributed by atoms with Gasteiger partial charge in [-0.1, -0.05) is 22.9 Å². The van der Waals surface area contributed by atoms with Gasteiger partial charge in [0.25, 0.3) is 0 Å². The Labute approximate surface area is 147 Å². The van der Waals surface area contributed by atoms with Gasteiger partial charge in [0, 0.05) is 43.4 Å². The number of nitrogens with one attached hydrogen (secondary N) is 1. The molecule has 7 nitrogen and oxygen atoms in total. The largest absolute Gasteiger partial charge is 0.478 e. The maximum absolute atomic E-state index is 9.55. The number of aromatic nitrogens is 1. The van der Waals surface area contributed by atoms with E-state index >= 15 is 0 Å². The lowest BCUT2D eigenvalue weighted by molar-refractivity contribution is -0.134. The van der Waals surface area contributed by atoms with Gasteiger partial charge in [0.1, 0.15) is 0 Å². The van der Waals surface area contributed by atoms with E-state index in [1.807, 2.05) is 18.2 Å². The summed E-state index contributed by atoms with van der Waals surface area (Å²) < 4.78 is 1.17. The first-order valence-corrected chi connectivity index (χ1v) is 8.31. The van der Waals surface area contributed by atoms with Crippen LogP contribution in [0.1, 0.15) is 0 Å². The number of carbonyl (C=O) groups is 2. The van der Waals surface area contributed by atoms with Crippen LogP contribution in [0.25, 0.3) is 10.2 Å². The molecule has 0 unspecified atom stereocenters. The molecule has 0 atom stereocenters. The van der Waals surface area contributed by atoms with Crippen LogP contribution in [0.4, 0.5) is 5.13 Å². The topological polar surface area (TPSA) is 103 Å². The van der Waals surface area contributed by atoms with Gasteiger partial charge < -0.3 is 20.4 Å². The number of thiazole rings is 1. The molecule has 0 spiro atoms. The van der Waals surface area contributed by atoms with Crippen LogP contribution < -0.4 is 10.2 Å². The Morgan fingerprint density at radius 3 is 2.42 bits per heavy atom. The highest BCUT2D eigenvalue weighted by atomic mass is 35.5. The SMILES string of the molecule is Clc1ccc2nc(N3CCNCC3)sc2c1.O=C(O)/C=C/C(=O)O. The fraction of sp³-hybridized carbons (Fsp3) is 0.267. The summed E-state index contributed by atoms with van der Waals surface area (Å²) >= 11 is 7.69. The molecule has 0 bridgehead atoms. The summed E-state index contributed by atoms with van der Waals surface area (Å²) in [6.45, 7) is 4.15. The lowest BCUT2D eigenvalue weighted by Gasteiger charge is -2.26. The molecular weight excluding hydrogens is 354 g/mol. The number of hydrogen-bond donors (Lipinski definition) is 3. The molecule has 3 rings (SSSR count). The maximum Gasteiger partial charge on any atom is 0.328 e. The Balaban J connectivity index is 0.000000224. The third-order valence-corrected chi connectivity index (χ3v) is 4.41. The number of carboxylic acids is 2. The number of fused-ring (bicyclic) bond motifs is 1. The predicted octanol–water partition coefficient (Wildman–Crippen LogP) is 2.07. The zero-order valence-corrected chi connectivity index (χ0v) is 14.2. The number of carboxylic acid groups (broad SMARTS) is 2. The average molecular weight is 370 g/mol. The second-order valence-corrected chi connectivity index (χ2v) is 6.30. The molecule has 0 amide bonds. The van der Waals surface area contributed by atoms with E-state index in [0.717, 1.165) is 41.8 Å². The van der Waals surface area contributed by atoms with E-state index in [1.165, 1.54) is 4.70 Å². The Bertz CT molecular complexity index is 740. The molecule has 1 aliphatic rings. The smallest absolute Gasteiger partial charge is 0.328 e. The average Bonchev–Trinajstić information content (AvgIpc) is 2.97. The van der Waals surface area contributed by atoms with Crippen molar-refractivity contribution in [2.24, 2.45) is 0 Å². The summed E-state index contributed by atoms with van der Waals surface area (Å²) in [7, 11) is 0. The van der Waals surface area contributed by atoms with Crippen molar-refractivity contribution in [2.75, 3.05) is 31.1 Å². The van der Waals surface area contributed by atoms with E-state index in [1.54, 1.807) is 11.3 Å². The van der Waals surface area contributed by atoms with Crippen molar-refractivity contribution < 1.29 is 19.8 Å². The summed E-state index contributed by atoms with van der Waals surface area (Å²) in [6, 6.07) is 5.87. The highest BCUT2D eigenvalue weighted by molar-refractivity contribution is 7.22. The molecule has 1 aromatic heterocycles. The molecule has 2 aromatic rings. The monoisotopic (exact) mass is 369 g/mol. The van der Waals surface area contributed by atoms with E-state index in [4.69, 9.17) is 21.8 Å². The molecule has 1 aromatic carbocycles. The van der Waals surface area contributed by atoms with E-state index < -0.39 is 11.9 Å². The second-order valence-electron chi connectivity index (χ2n) is 4.86. The van der Waals surface area contributed by atoms with Gasteiger partial charge in [-0.3, -0.25) is 0 Å². The summed E-state index contributed by atoms with van der Waals surface area (Å²) in [4.78, 5) is 26.1. The van der Waals surface area contributed by atoms with Crippen molar-refractivity contribution in [3.05, 3.63) is 35.4 Å².